The number of aromatic nitrogens is 2. The van der Waals surface area contributed by atoms with Crippen LogP contribution in [-0.2, 0) is 0 Å². The Labute approximate surface area is 210 Å². The number of likely N-dealkylation sites (tertiary alicyclic amines) is 1. The maximum atomic E-state index is 14.3. The molecule has 184 valence electrons. The van der Waals surface area contributed by atoms with Gasteiger partial charge in [0.25, 0.3) is 11.8 Å². The molecule has 2 saturated heterocycles. The summed E-state index contributed by atoms with van der Waals surface area (Å²) < 4.78 is 29.2. The highest BCUT2D eigenvalue weighted by molar-refractivity contribution is 7.07. The molecule has 0 radical (unpaired) electrons. The largest absolute Gasteiger partial charge is 0.335 e. The molecule has 4 aromatic rings. The van der Waals surface area contributed by atoms with E-state index in [1.54, 1.807) is 33.8 Å². The Kier molecular flexibility index (Phi) is 5.77. The van der Waals surface area contributed by atoms with Crippen molar-refractivity contribution in [2.45, 2.75) is 6.04 Å². The number of carbonyl (C=O) groups excluding carboxylic acids is 2. The highest BCUT2D eigenvalue weighted by Crippen LogP contribution is 2.26. The molecule has 2 aliphatic heterocycles. The Morgan fingerprint density at radius 1 is 0.917 bits per heavy atom. The van der Waals surface area contributed by atoms with Crippen molar-refractivity contribution in [2.75, 3.05) is 39.3 Å². The monoisotopic (exact) mass is 507 g/mol. The van der Waals surface area contributed by atoms with Crippen molar-refractivity contribution >= 4 is 34.1 Å². The molecule has 0 aliphatic carbocycles. The molecule has 2 aromatic carbocycles. The maximum Gasteiger partial charge on any atom is 0.273 e. The third-order valence-electron chi connectivity index (χ3n) is 7.03. The van der Waals surface area contributed by atoms with Crippen molar-refractivity contribution in [1.82, 2.24) is 24.3 Å². The van der Waals surface area contributed by atoms with Gasteiger partial charge in [0, 0.05) is 73.9 Å². The quantitative estimate of drug-likeness (QED) is 0.423. The predicted octanol–water partition coefficient (Wildman–Crippen LogP) is 3.65. The Bertz CT molecular complexity index is 1440. The number of nitrogens with zero attached hydrogens (tertiary/aromatic N) is 5. The molecule has 0 spiro atoms. The van der Waals surface area contributed by atoms with E-state index in [-0.39, 0.29) is 23.5 Å². The molecule has 2 aromatic heterocycles. The van der Waals surface area contributed by atoms with Crippen LogP contribution in [0, 0.1) is 11.6 Å². The molecule has 0 unspecified atom stereocenters. The van der Waals surface area contributed by atoms with Crippen molar-refractivity contribution in [3.63, 3.8) is 0 Å². The topological polar surface area (TPSA) is 61.7 Å². The van der Waals surface area contributed by atoms with Gasteiger partial charge in [-0.2, -0.15) is 0 Å². The predicted molar refractivity (Wildman–Crippen MR) is 132 cm³/mol. The van der Waals surface area contributed by atoms with Crippen LogP contribution in [0.25, 0.3) is 16.6 Å². The van der Waals surface area contributed by atoms with Crippen LogP contribution in [0.15, 0.2) is 59.6 Å². The van der Waals surface area contributed by atoms with Crippen LogP contribution >= 0.6 is 11.3 Å². The van der Waals surface area contributed by atoms with Crippen molar-refractivity contribution in [1.29, 1.82) is 0 Å². The Balaban J connectivity index is 1.07. The molecule has 36 heavy (non-hydrogen) atoms. The number of halogens is 2. The summed E-state index contributed by atoms with van der Waals surface area (Å²) in [6.45, 7) is 4.17. The third kappa shape index (κ3) is 4.06. The van der Waals surface area contributed by atoms with Crippen molar-refractivity contribution < 1.29 is 18.4 Å². The SMILES string of the molecule is O=C(c1ccc2c(ccn2-c2ccc(F)cc2F)c1)N1CC(N2CCN(C(=O)c3cscn3)CC2)C1. The van der Waals surface area contributed by atoms with Crippen LogP contribution < -0.4 is 0 Å². The van der Waals surface area contributed by atoms with Crippen LogP contribution in [-0.4, -0.2) is 81.4 Å². The highest BCUT2D eigenvalue weighted by atomic mass is 32.1. The lowest BCUT2D eigenvalue weighted by Crippen LogP contribution is -2.64. The second-order valence-electron chi connectivity index (χ2n) is 9.12. The normalized spacial score (nSPS) is 16.9. The van der Waals surface area contributed by atoms with Gasteiger partial charge in [-0.25, -0.2) is 13.8 Å². The molecular formula is C26H23F2N5O2S. The van der Waals surface area contributed by atoms with Gasteiger partial charge in [0.15, 0.2) is 0 Å². The van der Waals surface area contributed by atoms with E-state index in [0.29, 0.717) is 37.4 Å². The number of fused-ring (bicyclic) bond motifs is 1. The molecule has 4 heterocycles. The lowest BCUT2D eigenvalue weighted by Gasteiger charge is -2.48. The Morgan fingerprint density at radius 3 is 2.44 bits per heavy atom. The smallest absolute Gasteiger partial charge is 0.273 e. The fourth-order valence-electron chi connectivity index (χ4n) is 4.97. The molecule has 2 amide bonds. The molecule has 0 saturated carbocycles. The molecule has 0 bridgehead atoms. The zero-order valence-electron chi connectivity index (χ0n) is 19.3. The second kappa shape index (κ2) is 9.11. The summed E-state index contributed by atoms with van der Waals surface area (Å²) in [4.78, 5) is 35.7. The standard InChI is InChI=1S/C26H23F2N5O2S/c27-19-2-4-24(21(28)12-19)33-6-5-17-11-18(1-3-23(17)33)25(34)32-13-20(14-32)30-7-9-31(10-8-30)26(35)22-15-36-16-29-22/h1-6,11-12,15-16,20H,7-10,13-14H2. The van der Waals surface area contributed by atoms with Gasteiger partial charge >= 0.3 is 0 Å². The van der Waals surface area contributed by atoms with Gasteiger partial charge in [-0.15, -0.1) is 11.3 Å². The first kappa shape index (κ1) is 22.8. The minimum atomic E-state index is -0.646. The average molecular weight is 508 g/mol. The van der Waals surface area contributed by atoms with Crippen LogP contribution in [0.5, 0.6) is 0 Å². The number of thiazole rings is 1. The highest BCUT2D eigenvalue weighted by Gasteiger charge is 2.37. The van der Waals surface area contributed by atoms with Crippen molar-refractivity contribution in [2.24, 2.45) is 0 Å². The van der Waals surface area contributed by atoms with Crippen LogP contribution in [0.2, 0.25) is 0 Å². The van der Waals surface area contributed by atoms with Gasteiger partial charge < -0.3 is 14.4 Å². The van der Waals surface area contributed by atoms with E-state index >= 15 is 0 Å². The van der Waals surface area contributed by atoms with E-state index in [2.05, 4.69) is 9.88 Å². The van der Waals surface area contributed by atoms with E-state index in [1.807, 2.05) is 21.9 Å². The van der Waals surface area contributed by atoms with Crippen LogP contribution in [0.4, 0.5) is 8.78 Å². The van der Waals surface area contributed by atoms with E-state index in [4.69, 9.17) is 0 Å². The molecule has 2 aliphatic rings. The molecule has 10 heteroatoms. The van der Waals surface area contributed by atoms with E-state index < -0.39 is 11.6 Å². The number of benzene rings is 2. The Morgan fingerprint density at radius 2 is 1.72 bits per heavy atom. The number of hydrogen-bond donors (Lipinski definition) is 0. The van der Waals surface area contributed by atoms with Gasteiger partial charge in [0.1, 0.15) is 17.3 Å². The lowest BCUT2D eigenvalue weighted by atomic mass is 10.0. The van der Waals surface area contributed by atoms with Gasteiger partial charge in [-0.1, -0.05) is 0 Å². The summed E-state index contributed by atoms with van der Waals surface area (Å²) in [5.74, 6) is -1.33. The number of piperazine rings is 1. The minimum Gasteiger partial charge on any atom is -0.335 e. The first-order valence-corrected chi connectivity index (χ1v) is 12.7. The maximum absolute atomic E-state index is 14.3. The first-order valence-electron chi connectivity index (χ1n) is 11.8. The van der Waals surface area contributed by atoms with Gasteiger partial charge in [-0.05, 0) is 36.4 Å². The van der Waals surface area contributed by atoms with E-state index in [0.717, 1.165) is 30.1 Å². The average Bonchev–Trinajstić information content (AvgIpc) is 3.53. The molecular weight excluding hydrogens is 484 g/mol. The fraction of sp³-hybridized carbons (Fsp3) is 0.269. The van der Waals surface area contributed by atoms with Crippen molar-refractivity contribution in [3.8, 4) is 5.69 Å². The number of carbonyl (C=O) groups is 2. The fourth-order valence-corrected chi connectivity index (χ4v) is 5.49. The zero-order chi connectivity index (χ0) is 24.8. The van der Waals surface area contributed by atoms with E-state index in [1.165, 1.54) is 23.5 Å². The molecule has 7 nitrogen and oxygen atoms in total. The lowest BCUT2D eigenvalue weighted by molar-refractivity contribution is 0.00844. The summed E-state index contributed by atoms with van der Waals surface area (Å²) in [7, 11) is 0. The molecule has 6 rings (SSSR count). The first-order chi connectivity index (χ1) is 17.5. The Hall–Kier alpha value is -3.63. The number of rotatable bonds is 4. The number of amides is 2. The zero-order valence-corrected chi connectivity index (χ0v) is 20.1. The summed E-state index contributed by atoms with van der Waals surface area (Å²) in [5.41, 5.74) is 3.75. The molecule has 2 fully saturated rings. The molecule has 0 atom stereocenters. The minimum absolute atomic E-state index is 0.0206. The summed E-state index contributed by atoms with van der Waals surface area (Å²) >= 11 is 1.42. The van der Waals surface area contributed by atoms with Gasteiger partial charge in [0.05, 0.1) is 16.7 Å². The second-order valence-corrected chi connectivity index (χ2v) is 9.84. The summed E-state index contributed by atoms with van der Waals surface area (Å²) in [6.07, 6.45) is 1.72. The number of hydrogen-bond acceptors (Lipinski definition) is 5. The summed E-state index contributed by atoms with van der Waals surface area (Å²) in [6, 6.07) is 10.9. The van der Waals surface area contributed by atoms with Crippen LogP contribution in [0.1, 0.15) is 20.8 Å². The third-order valence-corrected chi connectivity index (χ3v) is 7.61. The van der Waals surface area contributed by atoms with E-state index in [9.17, 15) is 18.4 Å². The van der Waals surface area contributed by atoms with Gasteiger partial charge in [-0.3, -0.25) is 14.5 Å². The van der Waals surface area contributed by atoms with Crippen LogP contribution in [0.3, 0.4) is 0 Å². The molecule has 0 N–H and O–H groups in total. The van der Waals surface area contributed by atoms with Gasteiger partial charge in [0.2, 0.25) is 0 Å². The summed E-state index contributed by atoms with van der Waals surface area (Å²) in [5, 5.41) is 2.58. The van der Waals surface area contributed by atoms with Crippen molar-refractivity contribution in [3.05, 3.63) is 82.4 Å².